The largest absolute Gasteiger partial charge is 0.476 e. The number of methoxy groups -OCH3 is 1. The van der Waals surface area contributed by atoms with Crippen LogP contribution in [-0.2, 0) is 14.8 Å². The van der Waals surface area contributed by atoms with Crippen LogP contribution in [0.5, 0.6) is 0 Å². The topological polar surface area (TPSA) is 55.7 Å². The van der Waals surface area contributed by atoms with E-state index in [0.717, 1.165) is 5.56 Å². The number of hydrogen-bond donors (Lipinski definition) is 0. The van der Waals surface area contributed by atoms with Crippen LogP contribution in [0.1, 0.15) is 10.8 Å². The fourth-order valence-electron chi connectivity index (χ4n) is 1.44. The molecule has 4 nitrogen and oxygen atoms in total. The first kappa shape index (κ1) is 11.5. The van der Waals surface area contributed by atoms with Gasteiger partial charge in [-0.1, -0.05) is 42.1 Å². The van der Waals surface area contributed by atoms with Gasteiger partial charge in [-0.25, -0.2) is 8.42 Å². The third-order valence-electron chi connectivity index (χ3n) is 2.16. The van der Waals surface area contributed by atoms with Crippen molar-refractivity contribution in [1.29, 1.82) is 0 Å². The van der Waals surface area contributed by atoms with Crippen molar-refractivity contribution in [3.05, 3.63) is 35.9 Å². The molecule has 1 unspecified atom stereocenters. The van der Waals surface area contributed by atoms with Crippen molar-refractivity contribution in [2.24, 2.45) is 4.40 Å². The summed E-state index contributed by atoms with van der Waals surface area (Å²) in [4.78, 5) is 0. The van der Waals surface area contributed by atoms with E-state index in [0.29, 0.717) is 0 Å². The molecule has 0 spiro atoms. The van der Waals surface area contributed by atoms with E-state index < -0.39 is 10.0 Å². The molecule has 1 aliphatic rings. The molecule has 0 radical (unpaired) electrons. The highest BCUT2D eigenvalue weighted by molar-refractivity contribution is 8.15. The molecule has 0 fully saturated rings. The number of benzene rings is 1. The Morgan fingerprint density at radius 1 is 1.38 bits per heavy atom. The maximum absolute atomic E-state index is 11.5. The Balaban J connectivity index is 2.31. The molecule has 0 amide bonds. The molecule has 1 aliphatic heterocycles. The Labute approximate surface area is 98.8 Å². The highest BCUT2D eigenvalue weighted by Crippen LogP contribution is 2.35. The summed E-state index contributed by atoms with van der Waals surface area (Å²) in [6, 6.07) is 9.50. The molecule has 1 aromatic rings. The van der Waals surface area contributed by atoms with Crippen LogP contribution in [0, 0.1) is 0 Å². The quantitative estimate of drug-likeness (QED) is 0.770. The molecule has 6 heteroatoms. The third kappa shape index (κ3) is 2.56. The zero-order valence-corrected chi connectivity index (χ0v) is 10.3. The third-order valence-corrected chi connectivity index (χ3v) is 4.87. The van der Waals surface area contributed by atoms with Gasteiger partial charge in [0.15, 0.2) is 0 Å². The summed E-state index contributed by atoms with van der Waals surface area (Å²) in [5.41, 5.74) is 0.973. The van der Waals surface area contributed by atoms with Gasteiger partial charge in [-0.2, -0.15) is 0 Å². The average Bonchev–Trinajstić information content (AvgIpc) is 2.28. The zero-order chi connectivity index (χ0) is 11.6. The Kier molecular flexibility index (Phi) is 3.20. The van der Waals surface area contributed by atoms with Crippen molar-refractivity contribution in [2.75, 3.05) is 12.9 Å². The Hall–Kier alpha value is -1.01. The van der Waals surface area contributed by atoms with E-state index in [1.165, 1.54) is 18.9 Å². The van der Waals surface area contributed by atoms with Crippen molar-refractivity contribution in [1.82, 2.24) is 0 Å². The van der Waals surface area contributed by atoms with Gasteiger partial charge in [0.25, 0.3) is 15.3 Å². The van der Waals surface area contributed by atoms with Gasteiger partial charge in [-0.05, 0) is 5.56 Å². The van der Waals surface area contributed by atoms with Crippen LogP contribution < -0.4 is 0 Å². The number of ether oxygens (including phenoxy) is 1. The zero-order valence-electron chi connectivity index (χ0n) is 8.66. The second-order valence-corrected chi connectivity index (χ2v) is 6.16. The smallest absolute Gasteiger partial charge is 0.261 e. The fraction of sp³-hybridized carbons (Fsp3) is 0.300. The fourth-order valence-corrected chi connectivity index (χ4v) is 4.32. The van der Waals surface area contributed by atoms with E-state index in [1.54, 1.807) is 0 Å². The summed E-state index contributed by atoms with van der Waals surface area (Å²) in [5, 5.41) is 0.0683. The van der Waals surface area contributed by atoms with Crippen LogP contribution in [0.4, 0.5) is 0 Å². The number of thioether (sulfide) groups is 1. The first-order valence-corrected chi connectivity index (χ1v) is 7.18. The van der Waals surface area contributed by atoms with Crippen molar-refractivity contribution in [2.45, 2.75) is 5.25 Å². The molecule has 1 atom stereocenters. The first-order valence-electron chi connectivity index (χ1n) is 4.69. The lowest BCUT2D eigenvalue weighted by Gasteiger charge is -2.20. The maximum Gasteiger partial charge on any atom is 0.261 e. The summed E-state index contributed by atoms with van der Waals surface area (Å²) in [6.07, 6.45) is 0. The van der Waals surface area contributed by atoms with Gasteiger partial charge in [-0.3, -0.25) is 0 Å². The lowest BCUT2D eigenvalue weighted by atomic mass is 10.2. The van der Waals surface area contributed by atoms with E-state index in [1.807, 2.05) is 30.3 Å². The number of rotatable bonds is 1. The summed E-state index contributed by atoms with van der Waals surface area (Å²) in [7, 11) is -1.97. The molecule has 2 rings (SSSR count). The van der Waals surface area contributed by atoms with E-state index >= 15 is 0 Å². The standard InChI is InChI=1S/C10H11NO3S2/c1-14-10-11-16(12,13)7-9(15-10)8-5-3-2-4-6-8/h2-6,9H,7H2,1H3. The Morgan fingerprint density at radius 3 is 2.69 bits per heavy atom. The van der Waals surface area contributed by atoms with Gasteiger partial charge in [0, 0.05) is 0 Å². The molecule has 0 saturated carbocycles. The normalized spacial score (nSPS) is 23.6. The molecular weight excluding hydrogens is 246 g/mol. The van der Waals surface area contributed by atoms with Crippen LogP contribution in [0.2, 0.25) is 0 Å². The van der Waals surface area contributed by atoms with E-state index in [4.69, 9.17) is 4.74 Å². The van der Waals surface area contributed by atoms with Gasteiger partial charge >= 0.3 is 0 Å². The Morgan fingerprint density at radius 2 is 2.06 bits per heavy atom. The molecule has 16 heavy (non-hydrogen) atoms. The lowest BCUT2D eigenvalue weighted by molar-refractivity contribution is 0.416. The predicted molar refractivity (Wildman–Crippen MR) is 65.0 cm³/mol. The molecular formula is C10H11NO3S2. The van der Waals surface area contributed by atoms with Gasteiger partial charge in [0.05, 0.1) is 18.1 Å². The van der Waals surface area contributed by atoms with Gasteiger partial charge < -0.3 is 4.74 Å². The van der Waals surface area contributed by atoms with E-state index in [2.05, 4.69) is 4.40 Å². The molecule has 0 saturated heterocycles. The summed E-state index contributed by atoms with van der Waals surface area (Å²) in [5.74, 6) is 0.0224. The number of hydrogen-bond acceptors (Lipinski definition) is 4. The maximum atomic E-state index is 11.5. The van der Waals surface area contributed by atoms with Crippen molar-refractivity contribution in [3.63, 3.8) is 0 Å². The molecule has 0 bridgehead atoms. The lowest BCUT2D eigenvalue weighted by Crippen LogP contribution is -2.19. The summed E-state index contributed by atoms with van der Waals surface area (Å²) >= 11 is 1.34. The first-order chi connectivity index (χ1) is 7.61. The van der Waals surface area contributed by atoms with E-state index in [9.17, 15) is 8.42 Å². The highest BCUT2D eigenvalue weighted by Gasteiger charge is 2.29. The second kappa shape index (κ2) is 4.47. The van der Waals surface area contributed by atoms with Crippen molar-refractivity contribution >= 4 is 27.0 Å². The minimum absolute atomic E-state index is 0.0224. The molecule has 86 valence electrons. The Bertz CT molecular complexity index is 496. The van der Waals surface area contributed by atoms with Crippen LogP contribution in [0.15, 0.2) is 34.7 Å². The molecule has 1 heterocycles. The number of sulfonamides is 1. The van der Waals surface area contributed by atoms with Crippen LogP contribution in [-0.4, -0.2) is 26.5 Å². The minimum atomic E-state index is -3.40. The van der Waals surface area contributed by atoms with Gasteiger partial charge in [0.2, 0.25) is 0 Å². The van der Waals surface area contributed by atoms with Crippen LogP contribution in [0.25, 0.3) is 0 Å². The number of nitrogens with zero attached hydrogens (tertiary/aromatic N) is 1. The van der Waals surface area contributed by atoms with Gasteiger partial charge in [0.1, 0.15) is 0 Å². The monoisotopic (exact) mass is 257 g/mol. The van der Waals surface area contributed by atoms with Gasteiger partial charge in [-0.15, -0.1) is 4.40 Å². The predicted octanol–water partition coefficient (Wildman–Crippen LogP) is 1.81. The summed E-state index contributed by atoms with van der Waals surface area (Å²) in [6.45, 7) is 0. The highest BCUT2D eigenvalue weighted by atomic mass is 32.2. The SMILES string of the molecule is COC1=NS(=O)(=O)CC(c2ccccc2)S1. The molecule has 0 N–H and O–H groups in total. The molecule has 0 aliphatic carbocycles. The molecule has 1 aromatic carbocycles. The van der Waals surface area contributed by atoms with Crippen LogP contribution >= 0.6 is 11.8 Å². The van der Waals surface area contributed by atoms with E-state index in [-0.39, 0.29) is 16.2 Å². The van der Waals surface area contributed by atoms with Crippen LogP contribution in [0.3, 0.4) is 0 Å². The average molecular weight is 257 g/mol. The van der Waals surface area contributed by atoms with Crippen molar-refractivity contribution in [3.8, 4) is 0 Å². The second-order valence-electron chi connectivity index (χ2n) is 3.33. The minimum Gasteiger partial charge on any atom is -0.476 e. The van der Waals surface area contributed by atoms with Crippen molar-refractivity contribution < 1.29 is 13.2 Å². The molecule has 0 aromatic heterocycles. The summed E-state index contributed by atoms with van der Waals surface area (Å²) < 4.78 is 31.5.